The van der Waals surface area contributed by atoms with E-state index in [1.54, 1.807) is 13.2 Å². The Balaban J connectivity index is 2.14. The Morgan fingerprint density at radius 2 is 2.05 bits per heavy atom. The number of aryl methyl sites for hydroxylation is 3. The summed E-state index contributed by atoms with van der Waals surface area (Å²) >= 11 is 0. The summed E-state index contributed by atoms with van der Waals surface area (Å²) in [6, 6.07) is 0. The van der Waals surface area contributed by atoms with Crippen LogP contribution < -0.4 is 11.2 Å². The van der Waals surface area contributed by atoms with Crippen LogP contribution in [0, 0.1) is 13.8 Å². The molecular formula is C13H12N4O4. The third-order valence-electron chi connectivity index (χ3n) is 3.15. The second-order valence-electron chi connectivity index (χ2n) is 4.69. The Kier molecular flexibility index (Phi) is 2.86. The van der Waals surface area contributed by atoms with Crippen molar-refractivity contribution in [1.82, 2.24) is 19.7 Å². The molecule has 1 N–H and O–H groups in total. The van der Waals surface area contributed by atoms with Crippen LogP contribution in [-0.2, 0) is 7.05 Å². The van der Waals surface area contributed by atoms with Crippen LogP contribution in [-0.4, -0.2) is 19.7 Å². The minimum absolute atomic E-state index is 0.113. The van der Waals surface area contributed by atoms with Crippen molar-refractivity contribution in [2.75, 3.05) is 0 Å². The van der Waals surface area contributed by atoms with Crippen molar-refractivity contribution < 1.29 is 8.94 Å². The highest BCUT2D eigenvalue weighted by atomic mass is 16.5. The number of hydrogen-bond acceptors (Lipinski definition) is 6. The maximum absolute atomic E-state index is 11.8. The van der Waals surface area contributed by atoms with Crippen LogP contribution in [0.5, 0.6) is 0 Å². The van der Waals surface area contributed by atoms with Gasteiger partial charge in [-0.1, -0.05) is 5.16 Å². The number of nitrogens with zero attached hydrogens (tertiary/aromatic N) is 3. The number of aromatic nitrogens is 4. The van der Waals surface area contributed by atoms with E-state index in [2.05, 4.69) is 15.1 Å². The highest BCUT2D eigenvalue weighted by Crippen LogP contribution is 2.28. The molecule has 3 aromatic heterocycles. The monoisotopic (exact) mass is 288 g/mol. The average molecular weight is 288 g/mol. The van der Waals surface area contributed by atoms with Crippen molar-refractivity contribution >= 4 is 0 Å². The summed E-state index contributed by atoms with van der Waals surface area (Å²) in [4.78, 5) is 29.5. The van der Waals surface area contributed by atoms with E-state index in [9.17, 15) is 9.59 Å². The second kappa shape index (κ2) is 4.58. The molecular weight excluding hydrogens is 276 g/mol. The van der Waals surface area contributed by atoms with E-state index in [1.165, 1.54) is 17.8 Å². The molecule has 0 aliphatic carbocycles. The minimum atomic E-state index is -0.564. The van der Waals surface area contributed by atoms with Gasteiger partial charge >= 0.3 is 5.69 Å². The van der Waals surface area contributed by atoms with Gasteiger partial charge in [0.1, 0.15) is 11.3 Å². The summed E-state index contributed by atoms with van der Waals surface area (Å²) in [7, 11) is 1.52. The number of hydrogen-bond donors (Lipinski definition) is 1. The van der Waals surface area contributed by atoms with Crippen LogP contribution in [0.25, 0.3) is 22.8 Å². The Morgan fingerprint density at radius 1 is 1.29 bits per heavy atom. The molecule has 108 valence electrons. The predicted molar refractivity (Wildman–Crippen MR) is 72.8 cm³/mol. The lowest BCUT2D eigenvalue weighted by atomic mass is 10.2. The van der Waals surface area contributed by atoms with Crippen molar-refractivity contribution in [3.8, 4) is 22.8 Å². The quantitative estimate of drug-likeness (QED) is 0.753. The van der Waals surface area contributed by atoms with Gasteiger partial charge in [-0.25, -0.2) is 4.79 Å². The highest BCUT2D eigenvalue weighted by molar-refractivity contribution is 5.63. The summed E-state index contributed by atoms with van der Waals surface area (Å²) in [5.74, 6) is 1.03. The molecule has 3 aromatic rings. The lowest BCUT2D eigenvalue weighted by molar-refractivity contribution is 0.430. The number of rotatable bonds is 2. The Hall–Kier alpha value is -2.90. The van der Waals surface area contributed by atoms with Crippen molar-refractivity contribution in [2.45, 2.75) is 13.8 Å². The van der Waals surface area contributed by atoms with E-state index in [0.29, 0.717) is 11.3 Å². The standard InChI is InChI=1S/C13H12N4O4/c1-6-5-20-7(2)9(6)12-14-10(16-21-12)8-4-17(3)13(19)15-11(8)18/h4-5H,1-3H3,(H,15,18,19). The molecule has 3 heterocycles. The van der Waals surface area contributed by atoms with Crippen LogP contribution in [0.2, 0.25) is 0 Å². The van der Waals surface area contributed by atoms with Crippen molar-refractivity contribution in [2.24, 2.45) is 7.05 Å². The normalized spacial score (nSPS) is 11.0. The van der Waals surface area contributed by atoms with Gasteiger partial charge in [-0.3, -0.25) is 9.78 Å². The third-order valence-corrected chi connectivity index (χ3v) is 3.15. The minimum Gasteiger partial charge on any atom is -0.469 e. The van der Waals surface area contributed by atoms with Gasteiger partial charge < -0.3 is 13.5 Å². The van der Waals surface area contributed by atoms with Gasteiger partial charge in [0.15, 0.2) is 0 Å². The van der Waals surface area contributed by atoms with Gasteiger partial charge in [0.2, 0.25) is 5.82 Å². The maximum atomic E-state index is 11.8. The fourth-order valence-corrected chi connectivity index (χ4v) is 2.05. The zero-order chi connectivity index (χ0) is 15.1. The first-order valence-electron chi connectivity index (χ1n) is 6.16. The molecule has 0 amide bonds. The van der Waals surface area contributed by atoms with Crippen LogP contribution in [0.1, 0.15) is 11.3 Å². The largest absolute Gasteiger partial charge is 0.469 e. The zero-order valence-corrected chi connectivity index (χ0v) is 11.6. The topological polar surface area (TPSA) is 107 Å². The fraction of sp³-hybridized carbons (Fsp3) is 0.231. The van der Waals surface area contributed by atoms with E-state index in [0.717, 1.165) is 5.56 Å². The van der Waals surface area contributed by atoms with Crippen LogP contribution in [0.15, 0.2) is 31.0 Å². The molecule has 0 spiro atoms. The SMILES string of the molecule is Cc1coc(C)c1-c1nc(-c2cn(C)c(=O)[nH]c2=O)no1. The first-order valence-corrected chi connectivity index (χ1v) is 6.16. The molecule has 21 heavy (non-hydrogen) atoms. The van der Waals surface area contributed by atoms with Gasteiger partial charge in [-0.05, 0) is 13.8 Å². The Labute approximate surface area is 118 Å². The molecule has 0 aliphatic rings. The number of furan rings is 1. The molecule has 0 saturated heterocycles. The summed E-state index contributed by atoms with van der Waals surface area (Å²) in [6.07, 6.45) is 2.96. The molecule has 0 bridgehead atoms. The second-order valence-corrected chi connectivity index (χ2v) is 4.69. The predicted octanol–water partition coefficient (Wildman–Crippen LogP) is 1.00. The van der Waals surface area contributed by atoms with Gasteiger partial charge in [0.05, 0.1) is 11.8 Å². The first kappa shape index (κ1) is 13.1. The molecule has 8 heteroatoms. The first-order chi connectivity index (χ1) is 9.97. The van der Waals surface area contributed by atoms with Crippen molar-refractivity contribution in [3.05, 3.63) is 44.6 Å². The van der Waals surface area contributed by atoms with E-state index in [1.807, 2.05) is 6.92 Å². The third kappa shape index (κ3) is 2.10. The lowest BCUT2D eigenvalue weighted by Gasteiger charge is -1.97. The van der Waals surface area contributed by atoms with Crippen LogP contribution in [0.4, 0.5) is 0 Å². The Bertz CT molecular complexity index is 909. The smallest absolute Gasteiger partial charge is 0.328 e. The van der Waals surface area contributed by atoms with E-state index in [-0.39, 0.29) is 17.3 Å². The van der Waals surface area contributed by atoms with E-state index in [4.69, 9.17) is 8.94 Å². The van der Waals surface area contributed by atoms with Crippen LogP contribution in [0.3, 0.4) is 0 Å². The van der Waals surface area contributed by atoms with Crippen LogP contribution >= 0.6 is 0 Å². The molecule has 0 aromatic carbocycles. The average Bonchev–Trinajstić information content (AvgIpc) is 3.01. The molecule has 3 rings (SSSR count). The summed E-state index contributed by atoms with van der Waals surface area (Å²) in [6.45, 7) is 3.64. The summed E-state index contributed by atoms with van der Waals surface area (Å²) in [5, 5.41) is 3.79. The van der Waals surface area contributed by atoms with Crippen molar-refractivity contribution in [1.29, 1.82) is 0 Å². The Morgan fingerprint density at radius 3 is 2.71 bits per heavy atom. The van der Waals surface area contributed by atoms with Crippen molar-refractivity contribution in [3.63, 3.8) is 0 Å². The van der Waals surface area contributed by atoms with E-state index < -0.39 is 11.2 Å². The molecule has 0 aliphatic heterocycles. The van der Waals surface area contributed by atoms with Gasteiger partial charge in [0, 0.05) is 18.8 Å². The number of nitrogens with one attached hydrogen (secondary N) is 1. The molecule has 8 nitrogen and oxygen atoms in total. The maximum Gasteiger partial charge on any atom is 0.328 e. The molecule has 0 unspecified atom stereocenters. The van der Waals surface area contributed by atoms with Gasteiger partial charge in [-0.15, -0.1) is 0 Å². The number of H-pyrrole nitrogens is 1. The lowest BCUT2D eigenvalue weighted by Crippen LogP contribution is -2.28. The van der Waals surface area contributed by atoms with Gasteiger partial charge in [-0.2, -0.15) is 4.98 Å². The molecule has 0 radical (unpaired) electrons. The summed E-state index contributed by atoms with van der Waals surface area (Å²) < 4.78 is 11.7. The zero-order valence-electron chi connectivity index (χ0n) is 11.6. The molecule has 0 fully saturated rings. The molecule has 0 atom stereocenters. The number of aromatic amines is 1. The fourth-order valence-electron chi connectivity index (χ4n) is 2.05. The highest BCUT2D eigenvalue weighted by Gasteiger charge is 2.19. The van der Waals surface area contributed by atoms with Gasteiger partial charge in [0.25, 0.3) is 11.4 Å². The van der Waals surface area contributed by atoms with E-state index >= 15 is 0 Å². The molecule has 0 saturated carbocycles. The summed E-state index contributed by atoms with van der Waals surface area (Å²) in [5.41, 5.74) is 0.651.